The van der Waals surface area contributed by atoms with Gasteiger partial charge in [-0.25, -0.2) is 0 Å². The van der Waals surface area contributed by atoms with Crippen LogP contribution in [0.1, 0.15) is 36.8 Å². The van der Waals surface area contributed by atoms with E-state index >= 15 is 0 Å². The number of nitrogens with zero attached hydrogens (tertiary/aromatic N) is 2. The van der Waals surface area contributed by atoms with Gasteiger partial charge in [0.05, 0.1) is 15.9 Å². The van der Waals surface area contributed by atoms with Crippen LogP contribution in [0.25, 0.3) is 0 Å². The minimum Gasteiger partial charge on any atom is -0.324 e. The van der Waals surface area contributed by atoms with Gasteiger partial charge in [-0.3, -0.25) is 4.68 Å². The van der Waals surface area contributed by atoms with Crippen LogP contribution in [0.4, 0.5) is 0 Å². The van der Waals surface area contributed by atoms with Gasteiger partial charge in [-0.05, 0) is 47.2 Å². The molecule has 1 unspecified atom stereocenters. The van der Waals surface area contributed by atoms with Crippen LogP contribution < -0.4 is 5.73 Å². The van der Waals surface area contributed by atoms with E-state index < -0.39 is 0 Å². The number of rotatable bonds is 6. The number of halogens is 1. The third-order valence-electron chi connectivity index (χ3n) is 3.65. The average molecular weight is 368 g/mol. The molecular weight excluding hydrogens is 346 g/mol. The molecule has 1 aromatic heterocycles. The van der Waals surface area contributed by atoms with E-state index in [4.69, 9.17) is 5.73 Å². The molecule has 1 aromatic carbocycles. The van der Waals surface area contributed by atoms with Crippen molar-refractivity contribution in [3.8, 4) is 0 Å². The zero-order chi connectivity index (χ0) is 15.4. The third-order valence-corrected chi connectivity index (χ3v) is 5.37. The smallest absolute Gasteiger partial charge is 0.0766 e. The van der Waals surface area contributed by atoms with Gasteiger partial charge in [0.15, 0.2) is 0 Å². The van der Waals surface area contributed by atoms with E-state index in [1.165, 1.54) is 16.2 Å². The lowest BCUT2D eigenvalue weighted by Gasteiger charge is -2.16. The maximum Gasteiger partial charge on any atom is 0.0766 e. The van der Waals surface area contributed by atoms with Gasteiger partial charge in [0, 0.05) is 23.9 Å². The van der Waals surface area contributed by atoms with Crippen molar-refractivity contribution in [2.45, 2.75) is 44.2 Å². The molecule has 21 heavy (non-hydrogen) atoms. The predicted molar refractivity (Wildman–Crippen MR) is 93.8 cm³/mol. The van der Waals surface area contributed by atoms with Gasteiger partial charge >= 0.3 is 0 Å². The van der Waals surface area contributed by atoms with Gasteiger partial charge in [-0.2, -0.15) is 5.10 Å². The molecule has 0 aliphatic carbocycles. The van der Waals surface area contributed by atoms with Crippen LogP contribution in [-0.2, 0) is 19.4 Å². The van der Waals surface area contributed by atoms with Crippen molar-refractivity contribution >= 4 is 27.7 Å². The van der Waals surface area contributed by atoms with Gasteiger partial charge in [0.1, 0.15) is 0 Å². The zero-order valence-electron chi connectivity index (χ0n) is 12.8. The minimum absolute atomic E-state index is 0.0170. The summed E-state index contributed by atoms with van der Waals surface area (Å²) < 4.78 is 3.17. The Labute approximate surface area is 139 Å². The molecule has 0 aliphatic heterocycles. The van der Waals surface area contributed by atoms with Crippen LogP contribution in [0.5, 0.6) is 0 Å². The van der Waals surface area contributed by atoms with E-state index in [1.54, 1.807) is 11.8 Å². The molecule has 0 aliphatic rings. The summed E-state index contributed by atoms with van der Waals surface area (Å²) >= 11 is 5.44. The van der Waals surface area contributed by atoms with Crippen molar-refractivity contribution < 1.29 is 0 Å². The lowest BCUT2D eigenvalue weighted by atomic mass is 10.0. The molecule has 0 fully saturated rings. The summed E-state index contributed by atoms with van der Waals surface area (Å²) in [4.78, 5) is 1.25. The van der Waals surface area contributed by atoms with Crippen LogP contribution in [-0.4, -0.2) is 16.0 Å². The summed E-state index contributed by atoms with van der Waals surface area (Å²) in [5, 5.41) is 4.65. The number of hydrogen-bond donors (Lipinski definition) is 1. The molecule has 0 spiro atoms. The first-order chi connectivity index (χ1) is 10.1. The second-order valence-corrected chi connectivity index (χ2v) is 6.57. The molecule has 0 saturated heterocycles. The molecule has 0 amide bonds. The molecule has 5 heteroatoms. The number of benzene rings is 1. The van der Waals surface area contributed by atoms with Crippen LogP contribution in [0.3, 0.4) is 0 Å². The highest BCUT2D eigenvalue weighted by molar-refractivity contribution is 9.10. The number of nitrogens with two attached hydrogens (primary N) is 1. The Morgan fingerprint density at radius 2 is 2.05 bits per heavy atom. The summed E-state index contributed by atoms with van der Waals surface area (Å²) in [6.45, 7) is 5.11. The highest BCUT2D eigenvalue weighted by atomic mass is 79.9. The van der Waals surface area contributed by atoms with Gasteiger partial charge in [-0.15, -0.1) is 11.8 Å². The van der Waals surface area contributed by atoms with E-state index in [9.17, 15) is 0 Å². The van der Waals surface area contributed by atoms with Crippen molar-refractivity contribution in [1.82, 2.24) is 9.78 Å². The van der Waals surface area contributed by atoms with Crippen molar-refractivity contribution in [2.24, 2.45) is 5.73 Å². The fraction of sp³-hybridized carbons (Fsp3) is 0.438. The molecule has 2 N–H and O–H groups in total. The Bertz CT molecular complexity index is 610. The maximum absolute atomic E-state index is 6.47. The van der Waals surface area contributed by atoms with Crippen molar-refractivity contribution in [3.63, 3.8) is 0 Å². The molecule has 2 rings (SSSR count). The second-order valence-electron chi connectivity index (χ2n) is 4.93. The summed E-state index contributed by atoms with van der Waals surface area (Å²) in [6, 6.07) is 8.35. The first-order valence-corrected chi connectivity index (χ1v) is 9.26. The molecule has 2 aromatic rings. The monoisotopic (exact) mass is 367 g/mol. The third kappa shape index (κ3) is 3.52. The molecule has 0 saturated carbocycles. The largest absolute Gasteiger partial charge is 0.324 e. The average Bonchev–Trinajstić information content (AvgIpc) is 2.83. The lowest BCUT2D eigenvalue weighted by Crippen LogP contribution is -2.17. The Hall–Kier alpha value is -0.780. The summed E-state index contributed by atoms with van der Waals surface area (Å²) in [7, 11) is 0. The highest BCUT2D eigenvalue weighted by Gasteiger charge is 2.18. The zero-order valence-corrected chi connectivity index (χ0v) is 15.2. The van der Waals surface area contributed by atoms with E-state index in [-0.39, 0.29) is 6.04 Å². The van der Waals surface area contributed by atoms with E-state index in [0.29, 0.717) is 0 Å². The lowest BCUT2D eigenvalue weighted by molar-refractivity contribution is 0.582. The van der Waals surface area contributed by atoms with Crippen LogP contribution in [0, 0.1) is 0 Å². The summed E-state index contributed by atoms with van der Waals surface area (Å²) in [5.74, 6) is 0. The van der Waals surface area contributed by atoms with Crippen LogP contribution in [0.2, 0.25) is 0 Å². The Morgan fingerprint density at radius 1 is 1.33 bits per heavy atom. The minimum atomic E-state index is -0.0170. The summed E-state index contributed by atoms with van der Waals surface area (Å²) in [6.07, 6.45) is 3.81. The van der Waals surface area contributed by atoms with E-state index in [1.807, 2.05) is 0 Å². The standard InChI is InChI=1S/C16H22BrN3S/c1-4-13-16(17)14(20(5-2)19-13)10-12(18)11-8-6-7-9-15(11)21-3/h6-9,12H,4-5,10,18H2,1-3H3. The summed E-state index contributed by atoms with van der Waals surface area (Å²) in [5.41, 5.74) is 9.98. The molecule has 3 nitrogen and oxygen atoms in total. The quantitative estimate of drug-likeness (QED) is 0.778. The second kappa shape index (κ2) is 7.47. The Balaban J connectivity index is 2.31. The number of hydrogen-bond acceptors (Lipinski definition) is 3. The van der Waals surface area contributed by atoms with E-state index in [2.05, 4.69) is 70.1 Å². The van der Waals surface area contributed by atoms with Crippen molar-refractivity contribution in [1.29, 1.82) is 0 Å². The topological polar surface area (TPSA) is 43.8 Å². The van der Waals surface area contributed by atoms with Crippen molar-refractivity contribution in [2.75, 3.05) is 6.26 Å². The fourth-order valence-electron chi connectivity index (χ4n) is 2.50. The molecule has 1 atom stereocenters. The Morgan fingerprint density at radius 3 is 2.67 bits per heavy atom. The first-order valence-electron chi connectivity index (χ1n) is 7.24. The number of aryl methyl sites for hydroxylation is 2. The number of thioether (sulfide) groups is 1. The molecular formula is C16H22BrN3S. The maximum atomic E-state index is 6.47. The van der Waals surface area contributed by atoms with Gasteiger partial charge < -0.3 is 5.73 Å². The highest BCUT2D eigenvalue weighted by Crippen LogP contribution is 2.30. The molecule has 114 valence electrons. The molecule has 0 bridgehead atoms. The predicted octanol–water partition coefficient (Wildman–Crippen LogP) is 4.19. The van der Waals surface area contributed by atoms with Gasteiger partial charge in [-0.1, -0.05) is 25.1 Å². The van der Waals surface area contributed by atoms with Crippen molar-refractivity contribution in [3.05, 3.63) is 45.7 Å². The molecule has 1 heterocycles. The van der Waals surface area contributed by atoms with Gasteiger partial charge in [0.2, 0.25) is 0 Å². The SMILES string of the molecule is CCc1nn(CC)c(CC(N)c2ccccc2SC)c1Br. The van der Waals surface area contributed by atoms with Crippen LogP contribution >= 0.6 is 27.7 Å². The Kier molecular flexibility index (Phi) is 5.90. The van der Waals surface area contributed by atoms with E-state index in [0.717, 1.165) is 29.6 Å². The van der Waals surface area contributed by atoms with Crippen LogP contribution in [0.15, 0.2) is 33.6 Å². The fourth-order valence-corrected chi connectivity index (χ4v) is 3.90. The molecule has 0 radical (unpaired) electrons. The van der Waals surface area contributed by atoms with Gasteiger partial charge in [0.25, 0.3) is 0 Å². The normalized spacial score (nSPS) is 12.6. The number of aromatic nitrogens is 2. The first kappa shape index (κ1) is 16.6.